The molecule has 0 saturated carbocycles. The fraction of sp³-hybridized carbons (Fsp3) is 0.545. The van der Waals surface area contributed by atoms with Gasteiger partial charge in [0, 0.05) is 0 Å². The van der Waals surface area contributed by atoms with Crippen LogP contribution in [0.4, 0.5) is 0 Å². The molecular formula is C22H33Cl3SiTi. The second kappa shape index (κ2) is 11.6. The Bertz CT molecular complexity index is 701. The molecule has 1 aliphatic rings. The number of hydrogen-bond acceptors (Lipinski definition) is 0. The second-order valence-electron chi connectivity index (χ2n) is 8.01. The molecule has 2 atom stereocenters. The molecule has 150 valence electrons. The van der Waals surface area contributed by atoms with Gasteiger partial charge in [-0.1, -0.05) is 0 Å². The Balaban J connectivity index is 0. The van der Waals surface area contributed by atoms with Gasteiger partial charge in [0.15, 0.2) is 0 Å². The summed E-state index contributed by atoms with van der Waals surface area (Å²) in [4.78, 5) is 0. The smallest absolute Gasteiger partial charge is 1.00 e. The average Bonchev–Trinajstić information content (AvgIpc) is 2.68. The number of rotatable bonds is 5. The van der Waals surface area contributed by atoms with Crippen molar-refractivity contribution in [2.75, 3.05) is 0 Å². The first-order chi connectivity index (χ1) is 11.1. The monoisotopic (exact) mass is 478 g/mol. The van der Waals surface area contributed by atoms with Gasteiger partial charge in [0.2, 0.25) is 0 Å². The molecule has 0 radical (unpaired) electrons. The molecule has 0 N–H and O–H groups in total. The van der Waals surface area contributed by atoms with E-state index in [2.05, 4.69) is 87.6 Å². The van der Waals surface area contributed by atoms with E-state index in [4.69, 9.17) is 0 Å². The van der Waals surface area contributed by atoms with Crippen molar-refractivity contribution >= 4 is 13.3 Å². The number of allylic oxidation sites excluding steroid dienone is 4. The number of benzene rings is 1. The van der Waals surface area contributed by atoms with E-state index in [9.17, 15) is 0 Å². The first-order valence-electron chi connectivity index (χ1n) is 9.37. The molecule has 0 nitrogen and oxygen atoms in total. The molecule has 0 heterocycles. The molecule has 2 rings (SSSR count). The zero-order valence-electron chi connectivity index (χ0n) is 18.0. The summed E-state index contributed by atoms with van der Waals surface area (Å²) in [5.41, 5.74) is 7.59. The summed E-state index contributed by atoms with van der Waals surface area (Å²) in [5, 5.41) is 3.52. The van der Waals surface area contributed by atoms with Crippen molar-refractivity contribution in [3.63, 3.8) is 0 Å². The molecule has 0 amide bonds. The summed E-state index contributed by atoms with van der Waals surface area (Å²) in [5.74, 6) is 0.624. The maximum atomic E-state index is 2.65. The Kier molecular flexibility index (Phi) is 12.8. The minimum Gasteiger partial charge on any atom is -1.00 e. The van der Waals surface area contributed by atoms with E-state index >= 15 is 0 Å². The zero-order chi connectivity index (χ0) is 18.2. The molecule has 27 heavy (non-hydrogen) atoms. The number of halogens is 3. The number of hydrogen-bond donors (Lipinski definition) is 0. The van der Waals surface area contributed by atoms with E-state index in [0.717, 1.165) is 0 Å². The van der Waals surface area contributed by atoms with Gasteiger partial charge in [-0.25, -0.2) is 0 Å². The normalized spacial score (nSPS) is 18.5. The van der Waals surface area contributed by atoms with Crippen LogP contribution in [0.2, 0.25) is 12.6 Å². The summed E-state index contributed by atoms with van der Waals surface area (Å²) < 4.78 is 1.60. The van der Waals surface area contributed by atoms with Crippen molar-refractivity contribution in [2.45, 2.75) is 73.9 Å². The second-order valence-corrected chi connectivity index (χ2v) is 13.1. The van der Waals surface area contributed by atoms with Crippen LogP contribution < -0.4 is 42.4 Å². The molecule has 5 heteroatoms. The van der Waals surface area contributed by atoms with Crippen LogP contribution in [0.1, 0.15) is 57.2 Å². The van der Waals surface area contributed by atoms with E-state index < -0.39 is 8.07 Å². The molecule has 1 aliphatic carbocycles. The van der Waals surface area contributed by atoms with Gasteiger partial charge in [-0.05, 0) is 0 Å². The van der Waals surface area contributed by atoms with E-state index in [1.54, 1.807) is 25.4 Å². The van der Waals surface area contributed by atoms with Crippen molar-refractivity contribution in [3.8, 4) is 0 Å². The summed E-state index contributed by atoms with van der Waals surface area (Å²) in [6.07, 6.45) is 2.63. The minimum absolute atomic E-state index is 0. The van der Waals surface area contributed by atoms with Gasteiger partial charge in [-0.3, -0.25) is 0 Å². The van der Waals surface area contributed by atoms with Gasteiger partial charge < -0.3 is 37.2 Å². The topological polar surface area (TPSA) is 0 Å². The molecule has 0 spiro atoms. The largest absolute Gasteiger partial charge is 1.00 e. The maximum absolute atomic E-state index is 2.65. The van der Waals surface area contributed by atoms with Gasteiger partial charge in [0.25, 0.3) is 0 Å². The average molecular weight is 480 g/mol. The summed E-state index contributed by atoms with van der Waals surface area (Å²) >= 11 is 2.35. The Morgan fingerprint density at radius 3 is 1.78 bits per heavy atom. The Hall–Kier alpha value is 0.501. The Morgan fingerprint density at radius 1 is 0.926 bits per heavy atom. The van der Waals surface area contributed by atoms with E-state index in [1.165, 1.54) is 35.6 Å². The minimum atomic E-state index is -1.70. The maximum Gasteiger partial charge on any atom is -1.00 e. The fourth-order valence-electron chi connectivity index (χ4n) is 5.06. The standard InChI is InChI=1S/C22H33Si.3ClH.Ti/c1-9-10-11-23(8,22-19(6)14-16(3)20(22)7)21-17(4)12-15(2)13-18(21)5;;;;/h12-13,19H,9-11H2,1-8H3;3*1H;/q;;;;+3/p-3. The third kappa shape index (κ3) is 5.56. The summed E-state index contributed by atoms with van der Waals surface area (Å²) in [6, 6.07) is 6.19. The van der Waals surface area contributed by atoms with Gasteiger partial charge in [0.05, 0.1) is 0 Å². The molecule has 0 bridgehead atoms. The summed E-state index contributed by atoms with van der Waals surface area (Å²) in [7, 11) is -1.70. The SMILES string of the molecule is CCCC[Si](C)(C1=C(C)C(C)=[C]([Ti+3])C1C)c1c(C)cc(C)cc1C.[Cl-].[Cl-].[Cl-]. The fourth-order valence-corrected chi connectivity index (χ4v) is 11.7. The third-order valence-electron chi connectivity index (χ3n) is 6.09. The summed E-state index contributed by atoms with van der Waals surface area (Å²) in [6.45, 7) is 19.1. The van der Waals surface area contributed by atoms with Gasteiger partial charge in [-0.2, -0.15) is 0 Å². The quantitative estimate of drug-likeness (QED) is 0.396. The molecule has 2 unspecified atom stereocenters. The van der Waals surface area contributed by atoms with Crippen molar-refractivity contribution in [2.24, 2.45) is 5.92 Å². The van der Waals surface area contributed by atoms with Crippen molar-refractivity contribution < 1.29 is 57.7 Å². The molecule has 0 saturated heterocycles. The van der Waals surface area contributed by atoms with Crippen LogP contribution in [0.3, 0.4) is 0 Å². The van der Waals surface area contributed by atoms with Gasteiger partial charge >= 0.3 is 163 Å². The molecular weight excluding hydrogens is 447 g/mol. The van der Waals surface area contributed by atoms with Crippen molar-refractivity contribution in [1.82, 2.24) is 0 Å². The molecule has 1 aromatic carbocycles. The van der Waals surface area contributed by atoms with E-state index in [0.29, 0.717) is 5.92 Å². The van der Waals surface area contributed by atoms with E-state index in [-0.39, 0.29) is 37.2 Å². The molecule has 0 fully saturated rings. The van der Waals surface area contributed by atoms with Crippen LogP contribution in [0.15, 0.2) is 32.4 Å². The van der Waals surface area contributed by atoms with Crippen molar-refractivity contribution in [3.05, 3.63) is 49.0 Å². The van der Waals surface area contributed by atoms with Crippen LogP contribution >= 0.6 is 0 Å². The van der Waals surface area contributed by atoms with Crippen molar-refractivity contribution in [1.29, 1.82) is 0 Å². The predicted octanol–water partition coefficient (Wildman–Crippen LogP) is -2.96. The number of aryl methyl sites for hydroxylation is 3. The van der Waals surface area contributed by atoms with E-state index in [1.807, 2.05) is 0 Å². The van der Waals surface area contributed by atoms with Gasteiger partial charge in [-0.15, -0.1) is 0 Å². The first kappa shape index (κ1) is 29.7. The molecule has 0 aromatic heterocycles. The zero-order valence-corrected chi connectivity index (χ0v) is 22.8. The Morgan fingerprint density at radius 2 is 1.41 bits per heavy atom. The first-order valence-corrected chi connectivity index (χ1v) is 12.9. The van der Waals surface area contributed by atoms with Crippen LogP contribution in [-0.2, 0) is 20.4 Å². The Labute approximate surface area is 198 Å². The molecule has 0 aliphatic heterocycles. The van der Waals surface area contributed by atoms with Crippen LogP contribution in [0.25, 0.3) is 0 Å². The van der Waals surface area contributed by atoms with Crippen LogP contribution in [0.5, 0.6) is 0 Å². The number of unbranched alkanes of at least 4 members (excludes halogenated alkanes) is 1. The van der Waals surface area contributed by atoms with Crippen LogP contribution in [-0.4, -0.2) is 8.07 Å². The third-order valence-corrected chi connectivity index (χ3v) is 12.6. The van der Waals surface area contributed by atoms with Crippen LogP contribution in [0, 0.1) is 26.7 Å². The predicted molar refractivity (Wildman–Crippen MR) is 106 cm³/mol. The van der Waals surface area contributed by atoms with Gasteiger partial charge in [0.1, 0.15) is 0 Å². The molecule has 1 aromatic rings.